The van der Waals surface area contributed by atoms with Gasteiger partial charge in [0, 0.05) is 25.2 Å². The van der Waals surface area contributed by atoms with Gasteiger partial charge in [0.2, 0.25) is 0 Å². The molecule has 0 bridgehead atoms. The van der Waals surface area contributed by atoms with Gasteiger partial charge in [-0.3, -0.25) is 9.59 Å². The van der Waals surface area contributed by atoms with Crippen molar-refractivity contribution in [3.8, 4) is 11.5 Å². The molecule has 0 fully saturated rings. The molecule has 1 atom stereocenters. The number of hydrogen-bond donors (Lipinski definition) is 0. The zero-order chi connectivity index (χ0) is 25.3. The lowest BCUT2D eigenvalue weighted by Crippen LogP contribution is -2.47. The molecule has 36 heavy (non-hydrogen) atoms. The van der Waals surface area contributed by atoms with Gasteiger partial charge in [-0.05, 0) is 61.2 Å². The summed E-state index contributed by atoms with van der Waals surface area (Å²) >= 11 is 5.97. The van der Waals surface area contributed by atoms with Crippen molar-refractivity contribution >= 4 is 23.4 Å². The predicted octanol–water partition coefficient (Wildman–Crippen LogP) is 5.10. The van der Waals surface area contributed by atoms with Crippen molar-refractivity contribution in [1.29, 1.82) is 0 Å². The Labute approximate surface area is 217 Å². The molecule has 2 amide bonds. The van der Waals surface area contributed by atoms with E-state index in [-0.39, 0.29) is 31.1 Å². The summed E-state index contributed by atoms with van der Waals surface area (Å²) in [7, 11) is 1.80. The first-order chi connectivity index (χ1) is 17.5. The molecule has 6 nitrogen and oxygen atoms in total. The minimum absolute atomic E-state index is 0.0601. The van der Waals surface area contributed by atoms with E-state index in [9.17, 15) is 9.59 Å². The zero-order valence-electron chi connectivity index (χ0n) is 20.4. The molecule has 0 aromatic heterocycles. The van der Waals surface area contributed by atoms with Crippen molar-refractivity contribution < 1.29 is 19.1 Å². The molecule has 0 spiro atoms. The van der Waals surface area contributed by atoms with Crippen LogP contribution >= 0.6 is 11.6 Å². The average molecular weight is 507 g/mol. The molecule has 0 N–H and O–H groups in total. The SMILES string of the molecule is CN1CCCCN(C(=O)COc2ccc(Cl)cc2)[C@@H](Cc2ccccc2)COc2ccccc2C1=O. The minimum Gasteiger partial charge on any atom is -0.491 e. The fraction of sp³-hybridized carbons (Fsp3) is 0.310. The van der Waals surface area contributed by atoms with Crippen LogP contribution in [0.5, 0.6) is 11.5 Å². The van der Waals surface area contributed by atoms with Crippen molar-refractivity contribution in [2.24, 2.45) is 0 Å². The molecule has 0 aliphatic carbocycles. The summed E-state index contributed by atoms with van der Waals surface area (Å²) in [6, 6.07) is 24.1. The highest BCUT2D eigenvalue weighted by molar-refractivity contribution is 6.30. The molecule has 3 aromatic rings. The topological polar surface area (TPSA) is 59.1 Å². The molecule has 7 heteroatoms. The highest BCUT2D eigenvalue weighted by Crippen LogP contribution is 2.23. The Morgan fingerprint density at radius 2 is 1.67 bits per heavy atom. The number of halogens is 1. The van der Waals surface area contributed by atoms with Gasteiger partial charge in [0.25, 0.3) is 11.8 Å². The number of hydrogen-bond acceptors (Lipinski definition) is 4. The van der Waals surface area contributed by atoms with Crippen LogP contribution in [-0.2, 0) is 11.2 Å². The molecule has 0 saturated heterocycles. The first-order valence-corrected chi connectivity index (χ1v) is 12.6. The van der Waals surface area contributed by atoms with Gasteiger partial charge in [-0.2, -0.15) is 0 Å². The van der Waals surface area contributed by atoms with E-state index in [0.717, 1.165) is 18.4 Å². The smallest absolute Gasteiger partial charge is 0.260 e. The van der Waals surface area contributed by atoms with Gasteiger partial charge in [-0.15, -0.1) is 0 Å². The van der Waals surface area contributed by atoms with Crippen LogP contribution in [0.1, 0.15) is 28.8 Å². The lowest BCUT2D eigenvalue weighted by atomic mass is 10.0. The third kappa shape index (κ3) is 6.79. The molecule has 1 aliphatic heterocycles. The summed E-state index contributed by atoms with van der Waals surface area (Å²) in [5, 5.41) is 0.612. The molecule has 3 aromatic carbocycles. The summed E-state index contributed by atoms with van der Waals surface area (Å²) in [5.41, 5.74) is 1.64. The van der Waals surface area contributed by atoms with E-state index in [0.29, 0.717) is 41.6 Å². The van der Waals surface area contributed by atoms with E-state index in [2.05, 4.69) is 12.1 Å². The summed E-state index contributed by atoms with van der Waals surface area (Å²) in [4.78, 5) is 30.0. The van der Waals surface area contributed by atoms with Crippen LogP contribution in [0.3, 0.4) is 0 Å². The van der Waals surface area contributed by atoms with Crippen molar-refractivity contribution in [2.45, 2.75) is 25.3 Å². The molecule has 0 radical (unpaired) electrons. The number of ether oxygens (including phenoxy) is 2. The van der Waals surface area contributed by atoms with E-state index in [1.54, 1.807) is 42.3 Å². The first kappa shape index (κ1) is 25.6. The van der Waals surface area contributed by atoms with Gasteiger partial charge in [-0.1, -0.05) is 54.1 Å². The van der Waals surface area contributed by atoms with Gasteiger partial charge in [-0.25, -0.2) is 0 Å². The summed E-state index contributed by atoms with van der Waals surface area (Å²) < 4.78 is 12.0. The van der Waals surface area contributed by atoms with Crippen LogP contribution in [0.2, 0.25) is 5.02 Å². The number of carbonyl (C=O) groups is 2. The van der Waals surface area contributed by atoms with Gasteiger partial charge in [0.15, 0.2) is 6.61 Å². The largest absolute Gasteiger partial charge is 0.491 e. The molecule has 1 heterocycles. The molecule has 188 valence electrons. The number of benzene rings is 3. The van der Waals surface area contributed by atoms with Crippen LogP contribution in [-0.4, -0.2) is 61.0 Å². The Balaban J connectivity index is 1.58. The number of para-hydroxylation sites is 1. The molecular formula is C29H31ClN2O4. The Kier molecular flexibility index (Phi) is 8.85. The van der Waals surface area contributed by atoms with Crippen molar-refractivity contribution in [2.75, 3.05) is 33.4 Å². The van der Waals surface area contributed by atoms with Gasteiger partial charge in [0.05, 0.1) is 11.6 Å². The van der Waals surface area contributed by atoms with E-state index in [4.69, 9.17) is 21.1 Å². The summed E-state index contributed by atoms with van der Waals surface area (Å²) in [6.45, 7) is 1.32. The van der Waals surface area contributed by atoms with Crippen LogP contribution in [0, 0.1) is 0 Å². The van der Waals surface area contributed by atoms with Gasteiger partial charge >= 0.3 is 0 Å². The molecule has 1 aliphatic rings. The Morgan fingerprint density at radius 3 is 2.44 bits per heavy atom. The Hall–Kier alpha value is -3.51. The second-order valence-corrected chi connectivity index (χ2v) is 9.35. The quantitative estimate of drug-likeness (QED) is 0.483. The second kappa shape index (κ2) is 12.5. The fourth-order valence-electron chi connectivity index (χ4n) is 4.31. The molecule has 0 saturated carbocycles. The van der Waals surface area contributed by atoms with E-state index in [1.807, 2.05) is 41.3 Å². The number of rotatable bonds is 5. The Morgan fingerprint density at radius 1 is 0.972 bits per heavy atom. The average Bonchev–Trinajstić information content (AvgIpc) is 2.90. The minimum atomic E-state index is -0.228. The summed E-state index contributed by atoms with van der Waals surface area (Å²) in [6.07, 6.45) is 2.17. The van der Waals surface area contributed by atoms with Crippen molar-refractivity contribution in [1.82, 2.24) is 9.80 Å². The van der Waals surface area contributed by atoms with Crippen LogP contribution in [0.15, 0.2) is 78.9 Å². The second-order valence-electron chi connectivity index (χ2n) is 8.91. The molecular weight excluding hydrogens is 476 g/mol. The maximum absolute atomic E-state index is 13.5. The normalized spacial score (nSPS) is 16.8. The molecule has 4 rings (SSSR count). The maximum Gasteiger partial charge on any atom is 0.260 e. The van der Waals surface area contributed by atoms with Gasteiger partial charge in [0.1, 0.15) is 18.1 Å². The third-order valence-electron chi connectivity index (χ3n) is 6.29. The standard InChI is InChI=1S/C29H31ClN2O4/c1-31-17-7-8-18-32(28(33)21-35-25-15-13-23(30)14-16-25)24(19-22-9-3-2-4-10-22)20-36-27-12-6-5-11-26(27)29(31)34/h2-6,9-16,24H,7-8,17-21H2,1H3/t24-/m0/s1. The van der Waals surface area contributed by atoms with Crippen molar-refractivity contribution in [3.63, 3.8) is 0 Å². The van der Waals surface area contributed by atoms with Crippen LogP contribution < -0.4 is 9.47 Å². The van der Waals surface area contributed by atoms with Crippen molar-refractivity contribution in [3.05, 3.63) is 95.0 Å². The number of amides is 2. The number of carbonyl (C=O) groups excluding carboxylic acids is 2. The Bertz CT molecular complexity index is 1150. The fourth-order valence-corrected chi connectivity index (χ4v) is 4.43. The van der Waals surface area contributed by atoms with E-state index < -0.39 is 0 Å². The highest BCUT2D eigenvalue weighted by atomic mass is 35.5. The third-order valence-corrected chi connectivity index (χ3v) is 6.54. The monoisotopic (exact) mass is 506 g/mol. The van der Waals surface area contributed by atoms with E-state index in [1.165, 1.54) is 0 Å². The van der Waals surface area contributed by atoms with Crippen LogP contribution in [0.25, 0.3) is 0 Å². The van der Waals surface area contributed by atoms with Crippen LogP contribution in [0.4, 0.5) is 0 Å². The predicted molar refractivity (Wildman–Crippen MR) is 141 cm³/mol. The highest BCUT2D eigenvalue weighted by Gasteiger charge is 2.27. The number of nitrogens with zero attached hydrogens (tertiary/aromatic N) is 2. The first-order valence-electron chi connectivity index (χ1n) is 12.2. The lowest BCUT2D eigenvalue weighted by molar-refractivity contribution is -0.136. The summed E-state index contributed by atoms with van der Waals surface area (Å²) in [5.74, 6) is 0.948. The maximum atomic E-state index is 13.5. The zero-order valence-corrected chi connectivity index (χ0v) is 21.2. The number of fused-ring (bicyclic) bond motifs is 1. The van der Waals surface area contributed by atoms with Gasteiger partial charge < -0.3 is 19.3 Å². The lowest BCUT2D eigenvalue weighted by Gasteiger charge is -2.33. The molecule has 0 unspecified atom stereocenters. The van der Waals surface area contributed by atoms with E-state index >= 15 is 0 Å².